The Kier molecular flexibility index (Phi) is 7.24. The fourth-order valence-corrected chi connectivity index (χ4v) is 2.36. The molecule has 0 aliphatic heterocycles. The molecule has 2 aromatic carbocycles. The van der Waals surface area contributed by atoms with Crippen molar-refractivity contribution in [3.63, 3.8) is 0 Å². The topological polar surface area (TPSA) is 137 Å². The van der Waals surface area contributed by atoms with Crippen molar-refractivity contribution in [1.82, 2.24) is 5.32 Å². The van der Waals surface area contributed by atoms with E-state index in [2.05, 4.69) is 10.6 Å². The number of nitro benzene ring substituents is 1. The maximum Gasteiger partial charge on any atom is 0.325 e. The van der Waals surface area contributed by atoms with Crippen molar-refractivity contribution in [3.05, 3.63) is 63.7 Å². The number of nitrogens with zero attached hydrogens (tertiary/aromatic N) is 1. The number of methoxy groups -OCH3 is 1. The molecule has 0 heterocycles. The molecular formula is C19H19N3O7. The number of hydrogen-bond donors (Lipinski definition) is 2. The van der Waals surface area contributed by atoms with Gasteiger partial charge in [0, 0.05) is 11.6 Å². The van der Waals surface area contributed by atoms with E-state index >= 15 is 0 Å². The summed E-state index contributed by atoms with van der Waals surface area (Å²) in [5.41, 5.74) is 1.18. The third-order valence-corrected chi connectivity index (χ3v) is 3.82. The van der Waals surface area contributed by atoms with E-state index in [1.165, 1.54) is 19.2 Å². The molecule has 2 rings (SSSR count). The van der Waals surface area contributed by atoms with Gasteiger partial charge in [-0.1, -0.05) is 18.2 Å². The number of non-ortho nitro benzene ring substituents is 1. The van der Waals surface area contributed by atoms with Gasteiger partial charge in [0.05, 0.1) is 23.8 Å². The second-order valence-electron chi connectivity index (χ2n) is 5.85. The molecule has 152 valence electrons. The average molecular weight is 401 g/mol. The minimum Gasteiger partial charge on any atom is -0.494 e. The molecule has 0 aliphatic carbocycles. The summed E-state index contributed by atoms with van der Waals surface area (Å²) in [5, 5.41) is 15.6. The Hall–Kier alpha value is -3.95. The maximum atomic E-state index is 12.0. The van der Waals surface area contributed by atoms with Crippen LogP contribution in [0.15, 0.2) is 42.5 Å². The number of amides is 2. The number of rotatable bonds is 8. The molecular weight excluding hydrogens is 382 g/mol. The first-order chi connectivity index (χ1) is 13.8. The van der Waals surface area contributed by atoms with Crippen LogP contribution in [0.3, 0.4) is 0 Å². The molecule has 2 amide bonds. The van der Waals surface area contributed by atoms with Crippen molar-refractivity contribution in [3.8, 4) is 5.75 Å². The molecule has 0 atom stereocenters. The fraction of sp³-hybridized carbons (Fsp3) is 0.211. The highest BCUT2D eigenvalue weighted by Gasteiger charge is 2.15. The molecule has 0 aromatic heterocycles. The monoisotopic (exact) mass is 401 g/mol. The summed E-state index contributed by atoms with van der Waals surface area (Å²) in [5.74, 6) is -1.81. The molecule has 29 heavy (non-hydrogen) atoms. The zero-order valence-corrected chi connectivity index (χ0v) is 15.8. The van der Waals surface area contributed by atoms with Crippen LogP contribution < -0.4 is 15.4 Å². The summed E-state index contributed by atoms with van der Waals surface area (Å²) in [7, 11) is 1.30. The molecule has 10 heteroatoms. The quantitative estimate of drug-likeness (QED) is 0.391. The number of carbonyl (C=O) groups excluding carboxylic acids is 3. The van der Waals surface area contributed by atoms with Gasteiger partial charge in [0.2, 0.25) is 0 Å². The van der Waals surface area contributed by atoms with Crippen molar-refractivity contribution in [2.45, 2.75) is 6.92 Å². The molecule has 0 bridgehead atoms. The average Bonchev–Trinajstić information content (AvgIpc) is 2.70. The second-order valence-corrected chi connectivity index (χ2v) is 5.85. The molecule has 10 nitrogen and oxygen atoms in total. The van der Waals surface area contributed by atoms with Crippen molar-refractivity contribution in [2.75, 3.05) is 25.6 Å². The van der Waals surface area contributed by atoms with Gasteiger partial charge in [0.25, 0.3) is 17.5 Å². The zero-order valence-electron chi connectivity index (χ0n) is 15.8. The molecule has 0 unspecified atom stereocenters. The molecule has 0 fully saturated rings. The molecule has 0 spiro atoms. The highest BCUT2D eigenvalue weighted by molar-refractivity contribution is 5.97. The Morgan fingerprint density at radius 2 is 1.86 bits per heavy atom. The van der Waals surface area contributed by atoms with E-state index in [-0.39, 0.29) is 17.1 Å². The summed E-state index contributed by atoms with van der Waals surface area (Å²) in [6.07, 6.45) is 0. The Labute approximate surface area is 166 Å². The van der Waals surface area contributed by atoms with Gasteiger partial charge in [-0.15, -0.1) is 0 Å². The first kappa shape index (κ1) is 21.4. The van der Waals surface area contributed by atoms with Crippen LogP contribution >= 0.6 is 0 Å². The first-order valence-corrected chi connectivity index (χ1v) is 8.43. The number of carbonyl (C=O) groups is 3. The smallest absolute Gasteiger partial charge is 0.325 e. The Balaban J connectivity index is 1.83. The predicted molar refractivity (Wildman–Crippen MR) is 103 cm³/mol. The predicted octanol–water partition coefficient (Wildman–Crippen LogP) is 1.82. The van der Waals surface area contributed by atoms with Crippen molar-refractivity contribution >= 4 is 29.2 Å². The standard InChI is InChI=1S/C19H19N3O7/c1-12-5-3-4-6-14(12)19(25)20-10-18(24)29-11-17(23)21-15-8-7-13(22(26)27)9-16(15)28-2/h3-9H,10-11H2,1-2H3,(H,20,25)(H,21,23). The molecule has 0 aliphatic rings. The summed E-state index contributed by atoms with van der Waals surface area (Å²) >= 11 is 0. The first-order valence-electron chi connectivity index (χ1n) is 8.43. The largest absolute Gasteiger partial charge is 0.494 e. The van der Waals surface area contributed by atoms with E-state index in [0.717, 1.165) is 11.6 Å². The van der Waals surface area contributed by atoms with Crippen LogP contribution in [0.2, 0.25) is 0 Å². The Bertz CT molecular complexity index is 943. The molecule has 2 aromatic rings. The maximum absolute atomic E-state index is 12.0. The SMILES string of the molecule is COc1cc([N+](=O)[O-])ccc1NC(=O)COC(=O)CNC(=O)c1ccccc1C. The van der Waals surface area contributed by atoms with Crippen molar-refractivity contribution in [1.29, 1.82) is 0 Å². The van der Waals surface area contributed by atoms with E-state index < -0.39 is 35.9 Å². The molecule has 0 radical (unpaired) electrons. The van der Waals surface area contributed by atoms with E-state index in [4.69, 9.17) is 9.47 Å². The van der Waals surface area contributed by atoms with Gasteiger partial charge in [-0.05, 0) is 24.6 Å². The third-order valence-electron chi connectivity index (χ3n) is 3.82. The minimum absolute atomic E-state index is 0.0874. The van der Waals surface area contributed by atoms with E-state index in [1.54, 1.807) is 31.2 Å². The third kappa shape index (κ3) is 6.03. The number of nitrogens with one attached hydrogen (secondary N) is 2. The lowest BCUT2D eigenvalue weighted by Crippen LogP contribution is -2.32. The number of aryl methyl sites for hydroxylation is 1. The number of esters is 1. The van der Waals surface area contributed by atoms with Gasteiger partial charge in [0.15, 0.2) is 6.61 Å². The van der Waals surface area contributed by atoms with Crippen LogP contribution in [0.25, 0.3) is 0 Å². The highest BCUT2D eigenvalue weighted by atomic mass is 16.6. The number of benzene rings is 2. The van der Waals surface area contributed by atoms with Gasteiger partial charge < -0.3 is 20.1 Å². The number of anilines is 1. The van der Waals surface area contributed by atoms with Gasteiger partial charge in [-0.3, -0.25) is 24.5 Å². The van der Waals surface area contributed by atoms with Gasteiger partial charge >= 0.3 is 5.97 Å². The van der Waals surface area contributed by atoms with E-state index in [0.29, 0.717) is 5.56 Å². The van der Waals surface area contributed by atoms with Gasteiger partial charge in [-0.25, -0.2) is 0 Å². The normalized spacial score (nSPS) is 10.0. The van der Waals surface area contributed by atoms with Crippen LogP contribution in [-0.2, 0) is 14.3 Å². The number of ether oxygens (including phenoxy) is 2. The highest BCUT2D eigenvalue weighted by Crippen LogP contribution is 2.28. The van der Waals surface area contributed by atoms with Crippen LogP contribution in [0.1, 0.15) is 15.9 Å². The fourth-order valence-electron chi connectivity index (χ4n) is 2.36. The summed E-state index contributed by atoms with van der Waals surface area (Å²) in [6.45, 7) is 0.768. The second kappa shape index (κ2) is 9.83. The molecule has 0 saturated heterocycles. The minimum atomic E-state index is -0.794. The van der Waals surface area contributed by atoms with Crippen LogP contribution in [-0.4, -0.2) is 43.0 Å². The Morgan fingerprint density at radius 3 is 2.52 bits per heavy atom. The lowest BCUT2D eigenvalue weighted by Gasteiger charge is -2.11. The Morgan fingerprint density at radius 1 is 1.14 bits per heavy atom. The molecule has 0 saturated carbocycles. The van der Waals surface area contributed by atoms with Crippen molar-refractivity contribution < 1.29 is 28.8 Å². The summed E-state index contributed by atoms with van der Waals surface area (Å²) in [4.78, 5) is 45.9. The summed E-state index contributed by atoms with van der Waals surface area (Å²) < 4.78 is 9.82. The number of hydrogen-bond acceptors (Lipinski definition) is 7. The molecule has 2 N–H and O–H groups in total. The van der Waals surface area contributed by atoms with Crippen LogP contribution in [0.4, 0.5) is 11.4 Å². The van der Waals surface area contributed by atoms with E-state index in [1.807, 2.05) is 0 Å². The zero-order chi connectivity index (χ0) is 21.4. The van der Waals surface area contributed by atoms with Gasteiger partial charge in [-0.2, -0.15) is 0 Å². The summed E-state index contributed by atoms with van der Waals surface area (Å²) in [6, 6.07) is 10.5. The van der Waals surface area contributed by atoms with Crippen LogP contribution in [0, 0.1) is 17.0 Å². The van der Waals surface area contributed by atoms with E-state index in [9.17, 15) is 24.5 Å². The van der Waals surface area contributed by atoms with Crippen molar-refractivity contribution in [2.24, 2.45) is 0 Å². The lowest BCUT2D eigenvalue weighted by molar-refractivity contribution is -0.384. The van der Waals surface area contributed by atoms with Gasteiger partial charge in [0.1, 0.15) is 12.3 Å². The lowest BCUT2D eigenvalue weighted by atomic mass is 10.1. The van der Waals surface area contributed by atoms with Crippen LogP contribution in [0.5, 0.6) is 5.75 Å². The number of nitro groups is 1.